The highest BCUT2D eigenvalue weighted by molar-refractivity contribution is 5.61. The van der Waals surface area contributed by atoms with Crippen LogP contribution in [-0.2, 0) is 0 Å². The Labute approximate surface area is 114 Å². The first-order valence-corrected chi connectivity index (χ1v) is 7.16. The molecule has 0 amide bonds. The van der Waals surface area contributed by atoms with Crippen molar-refractivity contribution in [3.8, 4) is 11.5 Å². The fourth-order valence-corrected chi connectivity index (χ4v) is 3.93. The summed E-state index contributed by atoms with van der Waals surface area (Å²) in [5, 5.41) is 20.5. The molecule has 19 heavy (non-hydrogen) atoms. The predicted octanol–water partition coefficient (Wildman–Crippen LogP) is 4.15. The van der Waals surface area contributed by atoms with Gasteiger partial charge < -0.3 is 10.2 Å². The summed E-state index contributed by atoms with van der Waals surface area (Å²) in [6.07, 6.45) is 2.31. The minimum absolute atomic E-state index is 0.313. The summed E-state index contributed by atoms with van der Waals surface area (Å²) in [5.41, 5.74) is 3.29. The van der Waals surface area contributed by atoms with Crippen molar-refractivity contribution in [2.45, 2.75) is 39.5 Å². The third-order valence-corrected chi connectivity index (χ3v) is 5.25. The molecule has 2 aliphatic rings. The van der Waals surface area contributed by atoms with Gasteiger partial charge in [0, 0.05) is 17.0 Å². The van der Waals surface area contributed by atoms with Gasteiger partial charge in [-0.1, -0.05) is 32.4 Å². The first-order valence-electron chi connectivity index (χ1n) is 7.16. The van der Waals surface area contributed by atoms with Crippen LogP contribution in [-0.4, -0.2) is 10.2 Å². The van der Waals surface area contributed by atoms with E-state index in [0.717, 1.165) is 11.1 Å². The zero-order valence-corrected chi connectivity index (χ0v) is 12.0. The van der Waals surface area contributed by atoms with Crippen molar-refractivity contribution in [3.63, 3.8) is 0 Å². The highest BCUT2D eigenvalue weighted by atomic mass is 16.3. The second-order valence-corrected chi connectivity index (χ2v) is 6.53. The lowest BCUT2D eigenvalue weighted by molar-refractivity contribution is 0.281. The van der Waals surface area contributed by atoms with E-state index in [1.54, 1.807) is 12.1 Å². The van der Waals surface area contributed by atoms with Crippen molar-refractivity contribution >= 4 is 0 Å². The molecule has 0 bridgehead atoms. The molecule has 102 valence electrons. The second-order valence-electron chi connectivity index (χ2n) is 6.53. The number of fused-ring (bicyclic) bond motifs is 3. The van der Waals surface area contributed by atoms with Crippen molar-refractivity contribution < 1.29 is 10.2 Å². The van der Waals surface area contributed by atoms with Crippen LogP contribution in [0.4, 0.5) is 0 Å². The van der Waals surface area contributed by atoms with Gasteiger partial charge in [0.25, 0.3) is 0 Å². The smallest absolute Gasteiger partial charge is 0.119 e. The molecule has 4 unspecified atom stereocenters. The van der Waals surface area contributed by atoms with Gasteiger partial charge in [0.15, 0.2) is 0 Å². The van der Waals surface area contributed by atoms with Crippen LogP contribution in [0.3, 0.4) is 0 Å². The lowest BCUT2D eigenvalue weighted by Gasteiger charge is -2.36. The van der Waals surface area contributed by atoms with Crippen LogP contribution in [0.2, 0.25) is 0 Å². The number of aromatic hydroxyl groups is 2. The Kier molecular flexibility index (Phi) is 2.67. The Morgan fingerprint density at radius 2 is 1.58 bits per heavy atom. The molecule has 3 rings (SSSR count). The zero-order chi connectivity index (χ0) is 13.9. The van der Waals surface area contributed by atoms with Crippen LogP contribution in [0.15, 0.2) is 23.8 Å². The maximum absolute atomic E-state index is 10.3. The van der Waals surface area contributed by atoms with Crippen LogP contribution in [0.5, 0.6) is 11.5 Å². The molecule has 0 fully saturated rings. The maximum atomic E-state index is 10.3. The average Bonchev–Trinajstić information content (AvgIpc) is 2.63. The molecule has 0 heterocycles. The number of phenols is 2. The summed E-state index contributed by atoms with van der Waals surface area (Å²) in [6, 6.07) is 3.26. The molecule has 4 atom stereocenters. The molecule has 2 N–H and O–H groups in total. The number of hydrogen-bond donors (Lipinski definition) is 2. The van der Waals surface area contributed by atoms with Gasteiger partial charge in [-0.05, 0) is 42.7 Å². The van der Waals surface area contributed by atoms with Crippen LogP contribution in [0, 0.1) is 17.8 Å². The molecule has 1 aromatic rings. The highest BCUT2D eigenvalue weighted by Crippen LogP contribution is 2.63. The van der Waals surface area contributed by atoms with E-state index in [9.17, 15) is 10.2 Å². The van der Waals surface area contributed by atoms with E-state index in [0.29, 0.717) is 41.1 Å². The molecular weight excluding hydrogens is 236 g/mol. The van der Waals surface area contributed by atoms with Crippen molar-refractivity contribution in [1.29, 1.82) is 0 Å². The Morgan fingerprint density at radius 3 is 2.11 bits per heavy atom. The van der Waals surface area contributed by atoms with Crippen molar-refractivity contribution in [1.82, 2.24) is 0 Å². The van der Waals surface area contributed by atoms with Gasteiger partial charge in [0.1, 0.15) is 11.5 Å². The first-order chi connectivity index (χ1) is 8.93. The molecule has 2 heteroatoms. The van der Waals surface area contributed by atoms with Crippen LogP contribution >= 0.6 is 0 Å². The summed E-state index contributed by atoms with van der Waals surface area (Å²) >= 11 is 0. The summed E-state index contributed by atoms with van der Waals surface area (Å²) < 4.78 is 0. The summed E-state index contributed by atoms with van der Waals surface area (Å²) in [5.74, 6) is 2.84. The lowest BCUT2D eigenvalue weighted by Crippen LogP contribution is -2.25. The lowest BCUT2D eigenvalue weighted by atomic mass is 9.68. The van der Waals surface area contributed by atoms with E-state index in [1.165, 1.54) is 5.57 Å². The Morgan fingerprint density at radius 1 is 1.00 bits per heavy atom. The summed E-state index contributed by atoms with van der Waals surface area (Å²) in [6.45, 7) is 8.84. The second kappa shape index (κ2) is 4.03. The molecule has 0 saturated heterocycles. The average molecular weight is 258 g/mol. The normalized spacial score (nSPS) is 29.5. The third kappa shape index (κ3) is 1.55. The Balaban J connectivity index is 2.17. The van der Waals surface area contributed by atoms with Crippen LogP contribution < -0.4 is 0 Å². The number of hydrogen-bond acceptors (Lipinski definition) is 2. The zero-order valence-electron chi connectivity index (χ0n) is 12.0. The Hall–Kier alpha value is -1.44. The van der Waals surface area contributed by atoms with Crippen LogP contribution in [0.25, 0.3) is 0 Å². The van der Waals surface area contributed by atoms with E-state index in [1.807, 2.05) is 0 Å². The van der Waals surface area contributed by atoms with E-state index < -0.39 is 0 Å². The third-order valence-electron chi connectivity index (χ3n) is 5.25. The van der Waals surface area contributed by atoms with Gasteiger partial charge in [-0.15, -0.1) is 0 Å². The molecular formula is C17H22O2. The van der Waals surface area contributed by atoms with Gasteiger partial charge in [0.05, 0.1) is 0 Å². The quantitative estimate of drug-likeness (QED) is 0.618. The summed E-state index contributed by atoms with van der Waals surface area (Å²) in [7, 11) is 0. The number of allylic oxidation sites excluding steroid dienone is 2. The topological polar surface area (TPSA) is 40.5 Å². The fraction of sp³-hybridized carbons (Fsp3) is 0.529. The molecule has 0 saturated carbocycles. The molecule has 0 aliphatic heterocycles. The monoisotopic (exact) mass is 258 g/mol. The highest BCUT2D eigenvalue weighted by Gasteiger charge is 2.50. The van der Waals surface area contributed by atoms with Gasteiger partial charge in [0.2, 0.25) is 0 Å². The minimum Gasteiger partial charge on any atom is -0.508 e. The number of rotatable bonds is 2. The summed E-state index contributed by atoms with van der Waals surface area (Å²) in [4.78, 5) is 0. The molecule has 0 spiro atoms. The van der Waals surface area contributed by atoms with E-state index >= 15 is 0 Å². The van der Waals surface area contributed by atoms with Crippen molar-refractivity contribution in [2.24, 2.45) is 17.8 Å². The van der Waals surface area contributed by atoms with Gasteiger partial charge in [-0.2, -0.15) is 0 Å². The van der Waals surface area contributed by atoms with Gasteiger partial charge in [-0.3, -0.25) is 0 Å². The van der Waals surface area contributed by atoms with E-state index in [-0.39, 0.29) is 0 Å². The maximum Gasteiger partial charge on any atom is 0.119 e. The van der Waals surface area contributed by atoms with Crippen molar-refractivity contribution in [3.05, 3.63) is 34.9 Å². The van der Waals surface area contributed by atoms with Crippen LogP contribution in [0.1, 0.15) is 50.7 Å². The minimum atomic E-state index is 0.313. The Bertz CT molecular complexity index is 557. The molecule has 1 aromatic carbocycles. The fourth-order valence-electron chi connectivity index (χ4n) is 3.93. The first kappa shape index (κ1) is 12.6. The predicted molar refractivity (Wildman–Crippen MR) is 76.5 cm³/mol. The molecule has 0 aromatic heterocycles. The van der Waals surface area contributed by atoms with Gasteiger partial charge >= 0.3 is 0 Å². The van der Waals surface area contributed by atoms with Crippen molar-refractivity contribution in [2.75, 3.05) is 0 Å². The largest absolute Gasteiger partial charge is 0.508 e. The van der Waals surface area contributed by atoms with E-state index in [4.69, 9.17) is 0 Å². The van der Waals surface area contributed by atoms with E-state index in [2.05, 4.69) is 33.8 Å². The molecule has 0 radical (unpaired) electrons. The standard InChI is InChI=1S/C17H22O2/c1-8(2)10(4)15-11-7-9(3)14(11)16-12(18)5-6-13(19)17(15)16/h5-8,10-11,14-15,18-19H,1-4H3. The molecule has 2 aliphatic carbocycles. The molecule has 2 nitrogen and oxygen atoms in total. The number of benzene rings is 1. The van der Waals surface area contributed by atoms with Gasteiger partial charge in [-0.25, -0.2) is 0 Å². The SMILES string of the molecule is CC1=CC2C1c1c(O)ccc(O)c1C2C(C)C(C)C. The number of phenolic OH excluding ortho intramolecular Hbond substituents is 2.